The summed E-state index contributed by atoms with van der Waals surface area (Å²) in [5.41, 5.74) is 0.728. The van der Waals surface area contributed by atoms with Crippen LogP contribution >= 0.6 is 27.5 Å². The highest BCUT2D eigenvalue weighted by atomic mass is 79.9. The molecule has 2 aromatic rings. The van der Waals surface area contributed by atoms with Crippen LogP contribution in [-0.2, 0) is 4.79 Å². The summed E-state index contributed by atoms with van der Waals surface area (Å²) in [5, 5.41) is 7.73. The van der Waals surface area contributed by atoms with Gasteiger partial charge in [0.15, 0.2) is 0 Å². The summed E-state index contributed by atoms with van der Waals surface area (Å²) in [6.07, 6.45) is 0. The van der Waals surface area contributed by atoms with E-state index in [1.807, 2.05) is 0 Å². The molecule has 2 aromatic carbocycles. The van der Waals surface area contributed by atoms with Gasteiger partial charge in [-0.15, -0.1) is 0 Å². The number of hydrogen-bond acceptors (Lipinski definition) is 2. The van der Waals surface area contributed by atoms with Crippen LogP contribution in [0.25, 0.3) is 0 Å². The quantitative estimate of drug-likeness (QED) is 0.726. The molecule has 5 nitrogen and oxygen atoms in total. The normalized spacial score (nSPS) is 10.0. The van der Waals surface area contributed by atoms with E-state index in [2.05, 4.69) is 31.9 Å². The molecule has 0 radical (unpaired) electrons. The van der Waals surface area contributed by atoms with E-state index in [0.717, 1.165) is 4.47 Å². The number of urea groups is 1. The standard InChI is InChI=1S/C15H12BrClFN3O2/c16-9-4-5-13(12(17)6-9)21-15(23)19-8-14(22)20-11-3-1-2-10(18)7-11/h1-7H,8H2,(H,20,22)(H2,19,21,23). The molecule has 120 valence electrons. The second kappa shape index (κ2) is 7.94. The van der Waals surface area contributed by atoms with E-state index in [1.165, 1.54) is 18.2 Å². The molecule has 3 N–H and O–H groups in total. The third-order valence-electron chi connectivity index (χ3n) is 2.70. The fourth-order valence-electron chi connectivity index (χ4n) is 1.69. The smallest absolute Gasteiger partial charge is 0.319 e. The number of rotatable bonds is 4. The summed E-state index contributed by atoms with van der Waals surface area (Å²) >= 11 is 9.23. The second-order valence-electron chi connectivity index (χ2n) is 4.49. The van der Waals surface area contributed by atoms with Crippen LogP contribution in [-0.4, -0.2) is 18.5 Å². The van der Waals surface area contributed by atoms with Gasteiger partial charge in [-0.25, -0.2) is 9.18 Å². The first-order valence-electron chi connectivity index (χ1n) is 6.49. The molecule has 0 saturated heterocycles. The Labute approximate surface area is 145 Å². The van der Waals surface area contributed by atoms with Gasteiger partial charge in [-0.3, -0.25) is 4.79 Å². The minimum absolute atomic E-state index is 0.267. The molecule has 0 unspecified atom stereocenters. The molecule has 0 aromatic heterocycles. The second-order valence-corrected chi connectivity index (χ2v) is 5.81. The predicted molar refractivity (Wildman–Crippen MR) is 91.2 cm³/mol. The molecule has 8 heteroatoms. The lowest BCUT2D eigenvalue weighted by Crippen LogP contribution is -2.35. The van der Waals surface area contributed by atoms with E-state index in [1.54, 1.807) is 24.3 Å². The Morgan fingerprint density at radius 2 is 1.91 bits per heavy atom. The van der Waals surface area contributed by atoms with Crippen LogP contribution in [0.4, 0.5) is 20.6 Å². The van der Waals surface area contributed by atoms with E-state index in [9.17, 15) is 14.0 Å². The van der Waals surface area contributed by atoms with Gasteiger partial charge in [0.25, 0.3) is 0 Å². The van der Waals surface area contributed by atoms with Crippen molar-refractivity contribution in [3.8, 4) is 0 Å². The number of halogens is 3. The molecule has 0 bridgehead atoms. The van der Waals surface area contributed by atoms with E-state index < -0.39 is 17.8 Å². The van der Waals surface area contributed by atoms with Gasteiger partial charge in [0.1, 0.15) is 5.82 Å². The van der Waals surface area contributed by atoms with Crippen LogP contribution in [0.1, 0.15) is 0 Å². The molecule has 0 aliphatic carbocycles. The molecule has 0 saturated carbocycles. The third-order valence-corrected chi connectivity index (χ3v) is 3.50. The average molecular weight is 401 g/mol. The van der Waals surface area contributed by atoms with Crippen molar-refractivity contribution in [3.05, 3.63) is 57.8 Å². The van der Waals surface area contributed by atoms with Crippen LogP contribution in [0.2, 0.25) is 5.02 Å². The number of benzene rings is 2. The maximum absolute atomic E-state index is 13.0. The Hall–Kier alpha value is -2.12. The molecule has 2 rings (SSSR count). The van der Waals surface area contributed by atoms with E-state index in [4.69, 9.17) is 11.6 Å². The lowest BCUT2D eigenvalue weighted by molar-refractivity contribution is -0.115. The summed E-state index contributed by atoms with van der Waals surface area (Å²) in [6.45, 7) is -0.267. The van der Waals surface area contributed by atoms with E-state index >= 15 is 0 Å². The average Bonchev–Trinajstić information content (AvgIpc) is 2.48. The van der Waals surface area contributed by atoms with E-state index in [0.29, 0.717) is 16.4 Å². The highest BCUT2D eigenvalue weighted by Gasteiger charge is 2.08. The van der Waals surface area contributed by atoms with Crippen LogP contribution in [0.5, 0.6) is 0 Å². The number of nitrogens with one attached hydrogen (secondary N) is 3. The Kier molecular flexibility index (Phi) is 5.95. The van der Waals surface area contributed by atoms with Crippen molar-refractivity contribution in [1.29, 1.82) is 0 Å². The van der Waals surface area contributed by atoms with Crippen LogP contribution in [0, 0.1) is 5.82 Å². The van der Waals surface area contributed by atoms with Gasteiger partial charge >= 0.3 is 6.03 Å². The number of hydrogen-bond donors (Lipinski definition) is 3. The van der Waals surface area contributed by atoms with Gasteiger partial charge in [-0.2, -0.15) is 0 Å². The summed E-state index contributed by atoms with van der Waals surface area (Å²) in [7, 11) is 0. The minimum Gasteiger partial charge on any atom is -0.329 e. The van der Waals surface area contributed by atoms with Gasteiger partial charge in [0.05, 0.1) is 17.3 Å². The monoisotopic (exact) mass is 399 g/mol. The molecule has 0 fully saturated rings. The van der Waals surface area contributed by atoms with Gasteiger partial charge in [0.2, 0.25) is 5.91 Å². The van der Waals surface area contributed by atoms with E-state index in [-0.39, 0.29) is 6.54 Å². The fourth-order valence-corrected chi connectivity index (χ4v) is 2.41. The predicted octanol–water partition coefficient (Wildman–Crippen LogP) is 4.00. The number of anilines is 2. The van der Waals surface area contributed by atoms with Crippen molar-refractivity contribution >= 4 is 50.8 Å². The van der Waals surface area contributed by atoms with Gasteiger partial charge in [-0.05, 0) is 36.4 Å². The summed E-state index contributed by atoms with van der Waals surface area (Å²) < 4.78 is 13.8. The first-order chi connectivity index (χ1) is 10.9. The Bertz CT molecular complexity index is 742. The van der Waals surface area contributed by atoms with Gasteiger partial charge < -0.3 is 16.0 Å². The third kappa shape index (κ3) is 5.54. The zero-order chi connectivity index (χ0) is 16.8. The SMILES string of the molecule is O=C(CNC(=O)Nc1ccc(Br)cc1Cl)Nc1cccc(F)c1. The molecular weight excluding hydrogens is 389 g/mol. The van der Waals surface area contributed by atoms with Crippen LogP contribution in [0.3, 0.4) is 0 Å². The first-order valence-corrected chi connectivity index (χ1v) is 7.66. The van der Waals surface area contributed by atoms with Crippen molar-refractivity contribution in [2.75, 3.05) is 17.2 Å². The molecule has 23 heavy (non-hydrogen) atoms. The molecular formula is C15H12BrClFN3O2. The van der Waals surface area contributed by atoms with Crippen molar-refractivity contribution in [2.45, 2.75) is 0 Å². The Balaban J connectivity index is 1.83. The Morgan fingerprint density at radius 1 is 1.13 bits per heavy atom. The molecule has 3 amide bonds. The van der Waals surface area contributed by atoms with Crippen molar-refractivity contribution in [3.63, 3.8) is 0 Å². The topological polar surface area (TPSA) is 70.2 Å². The number of carbonyl (C=O) groups excluding carboxylic acids is 2. The van der Waals surface area contributed by atoms with Crippen LogP contribution in [0.15, 0.2) is 46.9 Å². The summed E-state index contributed by atoms with van der Waals surface area (Å²) in [5.74, 6) is -0.939. The zero-order valence-corrected chi connectivity index (χ0v) is 14.0. The van der Waals surface area contributed by atoms with Gasteiger partial charge in [0, 0.05) is 10.2 Å². The maximum atomic E-state index is 13.0. The van der Waals surface area contributed by atoms with Crippen molar-refractivity contribution < 1.29 is 14.0 Å². The summed E-state index contributed by atoms with van der Waals surface area (Å²) in [6, 6.07) is 9.86. The fraction of sp³-hybridized carbons (Fsp3) is 0.0667. The van der Waals surface area contributed by atoms with Crippen LogP contribution < -0.4 is 16.0 Å². The van der Waals surface area contributed by atoms with Crippen molar-refractivity contribution in [2.24, 2.45) is 0 Å². The lowest BCUT2D eigenvalue weighted by atomic mass is 10.3. The largest absolute Gasteiger partial charge is 0.329 e. The number of amides is 3. The molecule has 0 spiro atoms. The first kappa shape index (κ1) is 17.2. The lowest BCUT2D eigenvalue weighted by Gasteiger charge is -2.10. The minimum atomic E-state index is -0.580. The highest BCUT2D eigenvalue weighted by molar-refractivity contribution is 9.10. The highest BCUT2D eigenvalue weighted by Crippen LogP contribution is 2.25. The zero-order valence-electron chi connectivity index (χ0n) is 11.7. The Morgan fingerprint density at radius 3 is 2.61 bits per heavy atom. The molecule has 0 heterocycles. The van der Waals surface area contributed by atoms with Gasteiger partial charge in [-0.1, -0.05) is 33.6 Å². The maximum Gasteiger partial charge on any atom is 0.319 e. The summed E-state index contributed by atoms with van der Waals surface area (Å²) in [4.78, 5) is 23.4. The number of carbonyl (C=O) groups is 2. The molecule has 0 aliphatic heterocycles. The molecule has 0 atom stereocenters. The van der Waals surface area contributed by atoms with Crippen molar-refractivity contribution in [1.82, 2.24) is 5.32 Å². The molecule has 0 aliphatic rings.